The number of halogens is 1. The van der Waals surface area contributed by atoms with Crippen molar-refractivity contribution >= 4 is 33.2 Å². The number of aliphatic hydroxyl groups excluding tert-OH is 1. The molecule has 40 heavy (non-hydrogen) atoms. The van der Waals surface area contributed by atoms with Gasteiger partial charge in [-0.2, -0.15) is 0 Å². The molecule has 4 aliphatic rings. The summed E-state index contributed by atoms with van der Waals surface area (Å²) in [6.07, 6.45) is 7.25. The number of nitrogens with one attached hydrogen (secondary N) is 1. The van der Waals surface area contributed by atoms with E-state index < -0.39 is 21.2 Å². The number of carbonyl (C=O) groups excluding carboxylic acids is 1. The highest BCUT2D eigenvalue weighted by Crippen LogP contribution is 2.47. The van der Waals surface area contributed by atoms with Gasteiger partial charge in [0, 0.05) is 29.1 Å². The van der Waals surface area contributed by atoms with Crippen molar-refractivity contribution < 1.29 is 23.1 Å². The molecule has 0 saturated heterocycles. The molecule has 9 heteroatoms. The zero-order chi connectivity index (χ0) is 28.1. The second-order valence-corrected chi connectivity index (χ2v) is 15.0. The number of fused-ring (bicyclic) bond motifs is 4. The number of sulfonamides is 1. The average molecular weight is 587 g/mol. The molecule has 6 rings (SSSR count). The summed E-state index contributed by atoms with van der Waals surface area (Å²) in [5.74, 6) is 0.649. The summed E-state index contributed by atoms with van der Waals surface area (Å²) >= 11 is 6.37. The van der Waals surface area contributed by atoms with Crippen LogP contribution in [0.5, 0.6) is 5.75 Å². The van der Waals surface area contributed by atoms with Crippen molar-refractivity contribution in [1.29, 1.82) is 0 Å². The second-order valence-electron chi connectivity index (χ2n) is 12.4. The van der Waals surface area contributed by atoms with E-state index in [0.717, 1.165) is 55.8 Å². The highest BCUT2D eigenvalue weighted by molar-refractivity contribution is 7.90. The number of benzene rings is 2. The van der Waals surface area contributed by atoms with Crippen LogP contribution in [0.3, 0.4) is 0 Å². The van der Waals surface area contributed by atoms with Crippen LogP contribution in [-0.2, 0) is 21.9 Å². The van der Waals surface area contributed by atoms with Gasteiger partial charge in [0.1, 0.15) is 5.75 Å². The van der Waals surface area contributed by atoms with Crippen LogP contribution >= 0.6 is 11.6 Å². The van der Waals surface area contributed by atoms with Crippen molar-refractivity contribution in [2.75, 3.05) is 24.6 Å². The maximum absolute atomic E-state index is 13.2. The fourth-order valence-corrected chi connectivity index (χ4v) is 8.56. The fourth-order valence-electron chi connectivity index (χ4n) is 7.31. The lowest BCUT2D eigenvalue weighted by molar-refractivity contribution is 0.00904. The van der Waals surface area contributed by atoms with Gasteiger partial charge in [-0.15, -0.1) is 0 Å². The molecule has 2 N–H and O–H groups in total. The maximum Gasteiger partial charge on any atom is 0.264 e. The van der Waals surface area contributed by atoms with E-state index in [2.05, 4.69) is 21.8 Å². The number of aliphatic hydroxyl groups is 1. The fraction of sp³-hybridized carbons (Fsp3) is 0.581. The quantitative estimate of drug-likeness (QED) is 0.439. The van der Waals surface area contributed by atoms with E-state index >= 15 is 0 Å². The topological polar surface area (TPSA) is 95.9 Å². The summed E-state index contributed by atoms with van der Waals surface area (Å²) in [4.78, 5) is 15.6. The first-order chi connectivity index (χ1) is 19.1. The normalized spacial score (nSPS) is 32.1. The highest BCUT2D eigenvalue weighted by atomic mass is 35.5. The zero-order valence-corrected chi connectivity index (χ0v) is 24.6. The summed E-state index contributed by atoms with van der Waals surface area (Å²) in [5, 5.41) is 11.1. The van der Waals surface area contributed by atoms with Crippen molar-refractivity contribution in [1.82, 2.24) is 4.72 Å². The van der Waals surface area contributed by atoms with E-state index in [0.29, 0.717) is 49.6 Å². The standard InChI is InChI=1S/C31H39ClN2O5S/c1-20-5-2-3-7-28(35)25-11-8-23(25)17-34-18-31(14-4-6-21-15-24(32)10-12-26(21)31)19-39-29-13-9-22(16-27(29)34)30(36)33-40(20,37)38/h9-10,12-13,15-16,20,23,25,28,35H,2-8,11,14,17-19H2,1H3,(H,33,36)/t20-,23+,25-,28-,31+/m1/s1. The Bertz CT molecular complexity index is 1400. The smallest absolute Gasteiger partial charge is 0.264 e. The Balaban J connectivity index is 1.41. The van der Waals surface area contributed by atoms with Crippen LogP contribution in [0.1, 0.15) is 79.8 Å². The van der Waals surface area contributed by atoms with Crippen LogP contribution in [0.4, 0.5) is 5.69 Å². The molecule has 0 unspecified atom stereocenters. The van der Waals surface area contributed by atoms with Gasteiger partial charge < -0.3 is 14.7 Å². The minimum atomic E-state index is -3.83. The van der Waals surface area contributed by atoms with Gasteiger partial charge in [-0.05, 0) is 105 Å². The number of hydrogen-bond donors (Lipinski definition) is 2. The Labute approximate surface area is 242 Å². The van der Waals surface area contributed by atoms with Crippen LogP contribution in [0.25, 0.3) is 0 Å². The van der Waals surface area contributed by atoms with E-state index in [-0.39, 0.29) is 17.4 Å². The lowest BCUT2D eigenvalue weighted by Crippen LogP contribution is -2.49. The number of ether oxygens (including phenoxy) is 1. The van der Waals surface area contributed by atoms with Crippen molar-refractivity contribution in [3.05, 3.63) is 58.1 Å². The molecule has 2 heterocycles. The predicted molar refractivity (Wildman–Crippen MR) is 157 cm³/mol. The number of amides is 1. The first-order valence-electron chi connectivity index (χ1n) is 14.7. The van der Waals surface area contributed by atoms with Gasteiger partial charge in [-0.3, -0.25) is 4.79 Å². The largest absolute Gasteiger partial charge is 0.490 e. The number of hydrogen-bond acceptors (Lipinski definition) is 6. The van der Waals surface area contributed by atoms with Crippen LogP contribution < -0.4 is 14.4 Å². The first-order valence-corrected chi connectivity index (χ1v) is 16.6. The molecule has 2 aliphatic carbocycles. The SMILES string of the molecule is C[C@@H]1CCCC[C@@H](O)[C@@H]2CC[C@H]2CN2C[C@@]3(CCCc4cc(Cl)ccc43)COc3ccc(cc32)C(=O)NS1(=O)=O. The number of carbonyl (C=O) groups is 1. The van der Waals surface area contributed by atoms with Gasteiger partial charge >= 0.3 is 0 Å². The summed E-state index contributed by atoms with van der Waals surface area (Å²) < 4.78 is 34.7. The Hall–Kier alpha value is -2.29. The third-order valence-corrected chi connectivity index (χ3v) is 11.9. The third kappa shape index (κ3) is 5.23. The molecule has 7 nitrogen and oxygen atoms in total. The second kappa shape index (κ2) is 10.8. The van der Waals surface area contributed by atoms with Crippen LogP contribution in [0, 0.1) is 11.8 Å². The Morgan fingerprint density at radius 3 is 2.70 bits per heavy atom. The molecule has 0 aromatic heterocycles. The van der Waals surface area contributed by atoms with E-state index in [9.17, 15) is 18.3 Å². The average Bonchev–Trinajstić information content (AvgIpc) is 3.05. The van der Waals surface area contributed by atoms with Gasteiger partial charge in [0.2, 0.25) is 10.0 Å². The molecular weight excluding hydrogens is 548 g/mol. The molecular formula is C31H39ClN2O5S. The minimum absolute atomic E-state index is 0.224. The van der Waals surface area contributed by atoms with Crippen molar-refractivity contribution in [3.8, 4) is 5.75 Å². The number of rotatable bonds is 0. The van der Waals surface area contributed by atoms with E-state index in [1.54, 1.807) is 25.1 Å². The minimum Gasteiger partial charge on any atom is -0.490 e. The molecule has 2 aromatic rings. The Kier molecular flexibility index (Phi) is 7.55. The zero-order valence-electron chi connectivity index (χ0n) is 23.1. The third-order valence-electron chi connectivity index (χ3n) is 9.85. The molecule has 2 bridgehead atoms. The van der Waals surface area contributed by atoms with Crippen LogP contribution in [0.2, 0.25) is 5.02 Å². The first kappa shape index (κ1) is 27.9. The lowest BCUT2D eigenvalue weighted by atomic mass is 9.68. The van der Waals surface area contributed by atoms with Gasteiger partial charge in [0.25, 0.3) is 5.91 Å². The molecule has 1 amide bonds. The number of nitrogens with zero attached hydrogens (tertiary/aromatic N) is 1. The monoisotopic (exact) mass is 586 g/mol. The van der Waals surface area contributed by atoms with E-state index in [1.165, 1.54) is 11.1 Å². The van der Waals surface area contributed by atoms with E-state index in [4.69, 9.17) is 16.3 Å². The molecule has 0 radical (unpaired) electrons. The molecule has 216 valence electrons. The van der Waals surface area contributed by atoms with Crippen molar-refractivity contribution in [2.45, 2.75) is 81.5 Å². The maximum atomic E-state index is 13.2. The van der Waals surface area contributed by atoms with E-state index in [1.807, 2.05) is 6.07 Å². The van der Waals surface area contributed by atoms with Gasteiger partial charge in [-0.25, -0.2) is 13.1 Å². The Morgan fingerprint density at radius 2 is 1.90 bits per heavy atom. The van der Waals surface area contributed by atoms with Crippen LogP contribution in [-0.4, -0.2) is 50.5 Å². The Morgan fingerprint density at radius 1 is 1.07 bits per heavy atom. The lowest BCUT2D eigenvalue weighted by Gasteiger charge is -2.45. The molecule has 5 atom stereocenters. The summed E-state index contributed by atoms with van der Waals surface area (Å²) in [7, 11) is -3.83. The number of anilines is 1. The van der Waals surface area contributed by atoms with Crippen LogP contribution in [0.15, 0.2) is 36.4 Å². The number of aryl methyl sites for hydroxylation is 1. The molecule has 1 spiro atoms. The summed E-state index contributed by atoms with van der Waals surface area (Å²) in [6.45, 7) is 3.62. The molecule has 1 fully saturated rings. The van der Waals surface area contributed by atoms with Crippen molar-refractivity contribution in [3.63, 3.8) is 0 Å². The molecule has 2 aromatic carbocycles. The van der Waals surface area contributed by atoms with Crippen molar-refractivity contribution in [2.24, 2.45) is 11.8 Å². The summed E-state index contributed by atoms with van der Waals surface area (Å²) in [6, 6.07) is 11.4. The highest BCUT2D eigenvalue weighted by Gasteiger charge is 2.44. The molecule has 1 saturated carbocycles. The predicted octanol–water partition coefficient (Wildman–Crippen LogP) is 5.22. The molecule has 2 aliphatic heterocycles. The van der Waals surface area contributed by atoms with Gasteiger partial charge in [0.15, 0.2) is 0 Å². The summed E-state index contributed by atoms with van der Waals surface area (Å²) in [5.41, 5.74) is 3.40. The van der Waals surface area contributed by atoms with Gasteiger partial charge in [-0.1, -0.05) is 30.5 Å². The van der Waals surface area contributed by atoms with Gasteiger partial charge in [0.05, 0.1) is 23.6 Å².